The van der Waals surface area contributed by atoms with Gasteiger partial charge in [0.1, 0.15) is 5.82 Å². The number of likely N-dealkylation sites (tertiary alicyclic amines) is 1. The summed E-state index contributed by atoms with van der Waals surface area (Å²) in [5.41, 5.74) is 0.845. The molecule has 3 aromatic rings. The zero-order valence-corrected chi connectivity index (χ0v) is 19.7. The van der Waals surface area contributed by atoms with Gasteiger partial charge in [0.05, 0.1) is 30.7 Å². The van der Waals surface area contributed by atoms with Gasteiger partial charge in [-0.1, -0.05) is 37.3 Å². The van der Waals surface area contributed by atoms with E-state index in [2.05, 4.69) is 22.3 Å². The first-order valence-electron chi connectivity index (χ1n) is 11.7. The number of piperidine rings is 1. The maximum Gasteiger partial charge on any atom is 0.255 e. The summed E-state index contributed by atoms with van der Waals surface area (Å²) in [6, 6.07) is 13.3. The molecule has 0 radical (unpaired) electrons. The van der Waals surface area contributed by atoms with Gasteiger partial charge in [-0.2, -0.15) is 5.10 Å². The molecule has 180 valence electrons. The van der Waals surface area contributed by atoms with Crippen LogP contribution in [0.1, 0.15) is 43.4 Å². The lowest BCUT2D eigenvalue weighted by molar-refractivity contribution is -0.136. The standard InChI is InChI=1S/C25H32N6O3/c1-19(20-6-4-3-5-7-20)14-23(32)30-12-9-25(34,10-13-30)17-31-18-27-22(15-24(31)33)26-16-21-8-11-28-29(21)2/h3-8,11,15,18-19,26,34H,9-10,12-14,16-17H2,1-2H3. The van der Waals surface area contributed by atoms with Gasteiger partial charge >= 0.3 is 0 Å². The van der Waals surface area contributed by atoms with Gasteiger partial charge in [0.15, 0.2) is 0 Å². The number of carbonyl (C=O) groups is 1. The number of amides is 1. The first-order chi connectivity index (χ1) is 16.3. The zero-order valence-electron chi connectivity index (χ0n) is 19.7. The summed E-state index contributed by atoms with van der Waals surface area (Å²) in [5.74, 6) is 0.715. The number of rotatable bonds is 8. The van der Waals surface area contributed by atoms with Gasteiger partial charge < -0.3 is 15.3 Å². The molecule has 4 rings (SSSR count). The highest BCUT2D eigenvalue weighted by molar-refractivity contribution is 5.77. The molecule has 3 heterocycles. The van der Waals surface area contributed by atoms with Crippen molar-refractivity contribution in [3.8, 4) is 0 Å². The van der Waals surface area contributed by atoms with Crippen molar-refractivity contribution < 1.29 is 9.90 Å². The molecule has 1 fully saturated rings. The molecule has 0 bridgehead atoms. The molecule has 34 heavy (non-hydrogen) atoms. The van der Waals surface area contributed by atoms with E-state index in [-0.39, 0.29) is 23.9 Å². The van der Waals surface area contributed by atoms with Crippen LogP contribution in [0.25, 0.3) is 0 Å². The van der Waals surface area contributed by atoms with E-state index in [0.29, 0.717) is 44.7 Å². The number of hydrogen-bond donors (Lipinski definition) is 2. The van der Waals surface area contributed by atoms with Crippen LogP contribution in [0.2, 0.25) is 0 Å². The van der Waals surface area contributed by atoms with Gasteiger partial charge in [0, 0.05) is 38.8 Å². The van der Waals surface area contributed by atoms with Crippen LogP contribution < -0.4 is 10.9 Å². The fourth-order valence-corrected chi connectivity index (χ4v) is 4.34. The van der Waals surface area contributed by atoms with Crippen molar-refractivity contribution in [1.82, 2.24) is 24.2 Å². The maximum absolute atomic E-state index is 12.8. The number of anilines is 1. The molecule has 0 aliphatic carbocycles. The normalized spacial score (nSPS) is 16.3. The summed E-state index contributed by atoms with van der Waals surface area (Å²) < 4.78 is 3.19. The molecule has 1 amide bonds. The molecule has 1 saturated heterocycles. The van der Waals surface area contributed by atoms with Crippen molar-refractivity contribution in [3.05, 3.63) is 76.6 Å². The summed E-state index contributed by atoms with van der Waals surface area (Å²) in [6.07, 6.45) is 4.46. The van der Waals surface area contributed by atoms with Crippen LogP contribution >= 0.6 is 0 Å². The largest absolute Gasteiger partial charge is 0.388 e. The first-order valence-corrected chi connectivity index (χ1v) is 11.7. The third-order valence-corrected chi connectivity index (χ3v) is 6.61. The Balaban J connectivity index is 1.29. The lowest BCUT2D eigenvalue weighted by Gasteiger charge is -2.38. The van der Waals surface area contributed by atoms with Gasteiger partial charge in [0.2, 0.25) is 5.91 Å². The van der Waals surface area contributed by atoms with Crippen LogP contribution in [0, 0.1) is 0 Å². The van der Waals surface area contributed by atoms with Crippen LogP contribution in [-0.4, -0.2) is 53.9 Å². The Hall–Kier alpha value is -3.46. The molecule has 1 aliphatic rings. The predicted octanol–water partition coefficient (Wildman–Crippen LogP) is 2.14. The molecule has 2 aromatic heterocycles. The molecule has 1 unspecified atom stereocenters. The number of nitrogens with one attached hydrogen (secondary N) is 1. The van der Waals surface area contributed by atoms with Crippen LogP contribution in [0.15, 0.2) is 59.8 Å². The predicted molar refractivity (Wildman–Crippen MR) is 129 cm³/mol. The van der Waals surface area contributed by atoms with Gasteiger partial charge in [0.25, 0.3) is 5.56 Å². The second kappa shape index (κ2) is 10.2. The molecule has 1 atom stereocenters. The van der Waals surface area contributed by atoms with Crippen LogP contribution in [0.4, 0.5) is 5.82 Å². The molecule has 0 spiro atoms. The van der Waals surface area contributed by atoms with E-state index in [1.165, 1.54) is 17.0 Å². The smallest absolute Gasteiger partial charge is 0.255 e. The summed E-state index contributed by atoms with van der Waals surface area (Å²) >= 11 is 0. The third kappa shape index (κ3) is 5.72. The molecule has 1 aromatic carbocycles. The molecule has 2 N–H and O–H groups in total. The highest BCUT2D eigenvalue weighted by atomic mass is 16.3. The van der Waals surface area contributed by atoms with E-state index in [0.717, 1.165) is 11.3 Å². The van der Waals surface area contributed by atoms with E-state index in [1.807, 2.05) is 48.3 Å². The Labute approximate surface area is 199 Å². The summed E-state index contributed by atoms with van der Waals surface area (Å²) in [6.45, 7) is 3.67. The number of nitrogens with zero attached hydrogens (tertiary/aromatic N) is 5. The van der Waals surface area contributed by atoms with Crippen molar-refractivity contribution in [1.29, 1.82) is 0 Å². The van der Waals surface area contributed by atoms with Crippen molar-refractivity contribution in [2.75, 3.05) is 18.4 Å². The van der Waals surface area contributed by atoms with Gasteiger partial charge in [-0.3, -0.25) is 18.8 Å². The second-order valence-electron chi connectivity index (χ2n) is 9.16. The topological polar surface area (TPSA) is 105 Å². The highest BCUT2D eigenvalue weighted by Crippen LogP contribution is 2.26. The van der Waals surface area contributed by atoms with Crippen molar-refractivity contribution in [3.63, 3.8) is 0 Å². The number of hydrogen-bond acceptors (Lipinski definition) is 6. The summed E-state index contributed by atoms with van der Waals surface area (Å²) in [7, 11) is 1.85. The average molecular weight is 465 g/mol. The lowest BCUT2D eigenvalue weighted by atomic mass is 9.90. The maximum atomic E-state index is 12.8. The fraction of sp³-hybridized carbons (Fsp3) is 0.440. The minimum Gasteiger partial charge on any atom is -0.388 e. The fourth-order valence-electron chi connectivity index (χ4n) is 4.34. The van der Waals surface area contributed by atoms with Crippen LogP contribution in [-0.2, 0) is 24.9 Å². The Kier molecular flexibility index (Phi) is 7.12. The highest BCUT2D eigenvalue weighted by Gasteiger charge is 2.34. The van der Waals surface area contributed by atoms with E-state index in [1.54, 1.807) is 10.9 Å². The van der Waals surface area contributed by atoms with Crippen molar-refractivity contribution >= 4 is 11.7 Å². The monoisotopic (exact) mass is 464 g/mol. The second-order valence-corrected chi connectivity index (χ2v) is 9.16. The molecular formula is C25H32N6O3. The van der Waals surface area contributed by atoms with E-state index >= 15 is 0 Å². The molecule has 1 aliphatic heterocycles. The zero-order chi connectivity index (χ0) is 24.1. The van der Waals surface area contributed by atoms with Crippen molar-refractivity contribution in [2.24, 2.45) is 7.05 Å². The Morgan fingerprint density at radius 1 is 1.21 bits per heavy atom. The number of aliphatic hydroxyl groups is 1. The quantitative estimate of drug-likeness (QED) is 0.529. The van der Waals surface area contributed by atoms with Crippen LogP contribution in [0.3, 0.4) is 0 Å². The Morgan fingerprint density at radius 3 is 2.59 bits per heavy atom. The molecule has 9 heteroatoms. The Bertz CT molecular complexity index is 1160. The summed E-state index contributed by atoms with van der Waals surface area (Å²) in [4.78, 5) is 31.5. The molecule has 9 nitrogen and oxygen atoms in total. The van der Waals surface area contributed by atoms with Gasteiger partial charge in [-0.25, -0.2) is 4.98 Å². The lowest BCUT2D eigenvalue weighted by Crippen LogP contribution is -2.49. The first kappa shape index (κ1) is 23.7. The van der Waals surface area contributed by atoms with Crippen molar-refractivity contribution in [2.45, 2.75) is 50.8 Å². The van der Waals surface area contributed by atoms with E-state index in [4.69, 9.17) is 0 Å². The number of aryl methyl sites for hydroxylation is 1. The molecular weight excluding hydrogens is 432 g/mol. The SMILES string of the molecule is CC(CC(=O)N1CCC(O)(Cn2cnc(NCc3ccnn3C)cc2=O)CC1)c1ccccc1. The van der Waals surface area contributed by atoms with Crippen LogP contribution in [0.5, 0.6) is 0 Å². The van der Waals surface area contributed by atoms with Gasteiger partial charge in [-0.05, 0) is 30.4 Å². The molecule has 0 saturated carbocycles. The minimum atomic E-state index is -1.04. The third-order valence-electron chi connectivity index (χ3n) is 6.61. The number of benzene rings is 1. The number of carbonyl (C=O) groups excluding carboxylic acids is 1. The summed E-state index contributed by atoms with van der Waals surface area (Å²) in [5, 5.41) is 18.3. The average Bonchev–Trinajstić information content (AvgIpc) is 3.25. The Morgan fingerprint density at radius 2 is 1.94 bits per heavy atom. The van der Waals surface area contributed by atoms with E-state index in [9.17, 15) is 14.7 Å². The van der Waals surface area contributed by atoms with Gasteiger partial charge in [-0.15, -0.1) is 0 Å². The number of aromatic nitrogens is 4. The van der Waals surface area contributed by atoms with E-state index < -0.39 is 5.60 Å². The minimum absolute atomic E-state index is 0.0982.